The molecule has 1 aromatic rings. The molecule has 1 fully saturated rings. The van der Waals surface area contributed by atoms with Gasteiger partial charge in [0.2, 0.25) is 0 Å². The summed E-state index contributed by atoms with van der Waals surface area (Å²) in [6.07, 6.45) is 0.609. The van der Waals surface area contributed by atoms with E-state index in [1.165, 1.54) is 0 Å². The third-order valence-corrected chi connectivity index (χ3v) is 3.34. The van der Waals surface area contributed by atoms with E-state index in [1.807, 2.05) is 25.1 Å². The first-order valence-corrected chi connectivity index (χ1v) is 5.68. The van der Waals surface area contributed by atoms with Crippen molar-refractivity contribution in [3.05, 3.63) is 34.3 Å². The predicted octanol–water partition coefficient (Wildman–Crippen LogP) is 2.38. The molecule has 16 heavy (non-hydrogen) atoms. The molecule has 0 spiro atoms. The number of benzene rings is 1. The van der Waals surface area contributed by atoms with E-state index in [0.717, 1.165) is 11.1 Å². The lowest BCUT2D eigenvalue weighted by Crippen LogP contribution is -2.17. The van der Waals surface area contributed by atoms with Crippen LogP contribution >= 0.6 is 11.6 Å². The van der Waals surface area contributed by atoms with Crippen molar-refractivity contribution >= 4 is 17.6 Å². The highest BCUT2D eigenvalue weighted by Gasteiger charge is 2.30. The molecule has 4 heteroatoms. The molecule has 0 aromatic heterocycles. The van der Waals surface area contributed by atoms with Gasteiger partial charge in [-0.3, -0.25) is 4.79 Å². The first-order valence-electron chi connectivity index (χ1n) is 5.30. The highest BCUT2D eigenvalue weighted by Crippen LogP contribution is 2.32. The molecule has 3 nitrogen and oxygen atoms in total. The number of carboxylic acid groups (broad SMARTS) is 1. The van der Waals surface area contributed by atoms with Crippen molar-refractivity contribution in [2.75, 3.05) is 6.54 Å². The maximum atomic E-state index is 10.8. The van der Waals surface area contributed by atoms with Crippen LogP contribution in [0.1, 0.15) is 23.6 Å². The Balaban J connectivity index is 2.17. The minimum Gasteiger partial charge on any atom is -0.481 e. The molecule has 1 aliphatic heterocycles. The summed E-state index contributed by atoms with van der Waals surface area (Å²) in [6, 6.07) is 5.94. The number of halogens is 1. The average molecular weight is 240 g/mol. The van der Waals surface area contributed by atoms with Gasteiger partial charge in [-0.15, -0.1) is 0 Å². The molecule has 0 saturated carbocycles. The zero-order chi connectivity index (χ0) is 11.7. The summed E-state index contributed by atoms with van der Waals surface area (Å²) in [5.74, 6) is -1.04. The fourth-order valence-electron chi connectivity index (χ4n) is 2.08. The zero-order valence-corrected chi connectivity index (χ0v) is 9.79. The Morgan fingerprint density at radius 1 is 1.56 bits per heavy atom. The van der Waals surface area contributed by atoms with Crippen LogP contribution in [0.4, 0.5) is 0 Å². The van der Waals surface area contributed by atoms with Crippen molar-refractivity contribution in [2.24, 2.45) is 5.92 Å². The first-order chi connectivity index (χ1) is 7.58. The highest BCUT2D eigenvalue weighted by molar-refractivity contribution is 6.31. The van der Waals surface area contributed by atoms with E-state index in [0.29, 0.717) is 18.0 Å². The fourth-order valence-corrected chi connectivity index (χ4v) is 2.44. The van der Waals surface area contributed by atoms with Crippen molar-refractivity contribution in [2.45, 2.75) is 19.4 Å². The largest absolute Gasteiger partial charge is 0.481 e. The summed E-state index contributed by atoms with van der Waals surface area (Å²) in [6.45, 7) is 2.50. The van der Waals surface area contributed by atoms with Crippen LogP contribution < -0.4 is 5.32 Å². The molecule has 0 amide bonds. The van der Waals surface area contributed by atoms with Crippen molar-refractivity contribution in [1.29, 1.82) is 0 Å². The summed E-state index contributed by atoms with van der Waals surface area (Å²) in [4.78, 5) is 10.8. The third-order valence-electron chi connectivity index (χ3n) is 3.01. The van der Waals surface area contributed by atoms with Gasteiger partial charge in [-0.25, -0.2) is 0 Å². The number of carbonyl (C=O) groups is 1. The van der Waals surface area contributed by atoms with Gasteiger partial charge in [0.05, 0.1) is 5.92 Å². The molecule has 1 aromatic carbocycles. The molecule has 0 aliphatic carbocycles. The third kappa shape index (κ3) is 2.20. The number of hydrogen-bond acceptors (Lipinski definition) is 2. The second kappa shape index (κ2) is 4.44. The Hall–Kier alpha value is -1.06. The topological polar surface area (TPSA) is 49.3 Å². The van der Waals surface area contributed by atoms with Crippen molar-refractivity contribution in [1.82, 2.24) is 5.32 Å². The molecule has 1 saturated heterocycles. The van der Waals surface area contributed by atoms with Crippen LogP contribution in [-0.4, -0.2) is 17.6 Å². The summed E-state index contributed by atoms with van der Waals surface area (Å²) in [5.41, 5.74) is 2.11. The number of aliphatic carboxylic acids is 1. The molecule has 2 unspecified atom stereocenters. The SMILES string of the molecule is Cc1ccc(C2CC(C(=O)O)CN2)c(Cl)c1. The van der Waals surface area contributed by atoms with E-state index in [-0.39, 0.29) is 12.0 Å². The Morgan fingerprint density at radius 3 is 2.88 bits per heavy atom. The second-order valence-corrected chi connectivity index (χ2v) is 4.66. The van der Waals surface area contributed by atoms with Gasteiger partial charge < -0.3 is 10.4 Å². The Morgan fingerprint density at radius 2 is 2.31 bits per heavy atom. The lowest BCUT2D eigenvalue weighted by molar-refractivity contribution is -0.141. The molecule has 2 atom stereocenters. The molecule has 0 bridgehead atoms. The molecule has 1 aliphatic rings. The van der Waals surface area contributed by atoms with Gasteiger partial charge >= 0.3 is 5.97 Å². The van der Waals surface area contributed by atoms with Crippen LogP contribution in [0.25, 0.3) is 0 Å². The van der Waals surface area contributed by atoms with Crippen LogP contribution in [0.15, 0.2) is 18.2 Å². The second-order valence-electron chi connectivity index (χ2n) is 4.26. The maximum absolute atomic E-state index is 10.8. The lowest BCUT2D eigenvalue weighted by Gasteiger charge is -2.12. The normalized spacial score (nSPS) is 24.6. The number of rotatable bonds is 2. The molecular formula is C12H14ClNO2. The number of nitrogens with one attached hydrogen (secondary N) is 1. The molecular weight excluding hydrogens is 226 g/mol. The summed E-state index contributed by atoms with van der Waals surface area (Å²) >= 11 is 6.15. The van der Waals surface area contributed by atoms with Crippen LogP contribution in [0, 0.1) is 12.8 Å². The van der Waals surface area contributed by atoms with Crippen LogP contribution in [0.3, 0.4) is 0 Å². The Bertz CT molecular complexity index is 419. The highest BCUT2D eigenvalue weighted by atomic mass is 35.5. The van der Waals surface area contributed by atoms with Crippen molar-refractivity contribution in [3.8, 4) is 0 Å². The zero-order valence-electron chi connectivity index (χ0n) is 9.03. The summed E-state index contributed by atoms with van der Waals surface area (Å²) in [5, 5.41) is 12.8. The van der Waals surface area contributed by atoms with Crippen LogP contribution in [0.2, 0.25) is 5.02 Å². The van der Waals surface area contributed by atoms with E-state index in [9.17, 15) is 4.79 Å². The summed E-state index contributed by atoms with van der Waals surface area (Å²) < 4.78 is 0. The van der Waals surface area contributed by atoms with E-state index < -0.39 is 5.97 Å². The van der Waals surface area contributed by atoms with E-state index >= 15 is 0 Å². The first kappa shape index (κ1) is 11.4. The molecule has 1 heterocycles. The predicted molar refractivity (Wildman–Crippen MR) is 62.7 cm³/mol. The van der Waals surface area contributed by atoms with Gasteiger partial charge in [0, 0.05) is 17.6 Å². The fraction of sp³-hybridized carbons (Fsp3) is 0.417. The van der Waals surface area contributed by atoms with Gasteiger partial charge in [0.1, 0.15) is 0 Å². The van der Waals surface area contributed by atoms with E-state index in [2.05, 4.69) is 5.32 Å². The van der Waals surface area contributed by atoms with Crippen molar-refractivity contribution in [3.63, 3.8) is 0 Å². The quantitative estimate of drug-likeness (QED) is 0.833. The van der Waals surface area contributed by atoms with Crippen LogP contribution in [0.5, 0.6) is 0 Å². The smallest absolute Gasteiger partial charge is 0.307 e. The minimum absolute atomic E-state index is 0.0641. The van der Waals surface area contributed by atoms with Gasteiger partial charge in [0.15, 0.2) is 0 Å². The maximum Gasteiger partial charge on any atom is 0.307 e. The Kier molecular flexibility index (Phi) is 3.17. The number of hydrogen-bond donors (Lipinski definition) is 2. The molecule has 2 rings (SSSR count). The summed E-state index contributed by atoms with van der Waals surface area (Å²) in [7, 11) is 0. The van der Waals surface area contributed by atoms with Gasteiger partial charge in [-0.1, -0.05) is 23.7 Å². The van der Waals surface area contributed by atoms with Gasteiger partial charge in [-0.05, 0) is 30.5 Å². The van der Waals surface area contributed by atoms with Crippen molar-refractivity contribution < 1.29 is 9.90 Å². The van der Waals surface area contributed by atoms with Gasteiger partial charge in [0.25, 0.3) is 0 Å². The standard InChI is InChI=1S/C12H14ClNO2/c1-7-2-3-9(10(13)4-7)11-5-8(6-14-11)12(15)16/h2-4,8,11,14H,5-6H2,1H3,(H,15,16). The average Bonchev–Trinajstić information content (AvgIpc) is 2.66. The van der Waals surface area contributed by atoms with E-state index in [1.54, 1.807) is 0 Å². The van der Waals surface area contributed by atoms with Gasteiger partial charge in [-0.2, -0.15) is 0 Å². The van der Waals surface area contributed by atoms with E-state index in [4.69, 9.17) is 16.7 Å². The molecule has 0 radical (unpaired) electrons. The lowest BCUT2D eigenvalue weighted by atomic mass is 9.99. The molecule has 86 valence electrons. The monoisotopic (exact) mass is 239 g/mol. The Labute approximate surface area is 99.4 Å². The minimum atomic E-state index is -0.738. The van der Waals surface area contributed by atoms with Crippen LogP contribution in [-0.2, 0) is 4.79 Å². The molecule has 2 N–H and O–H groups in total. The number of aryl methyl sites for hydroxylation is 1. The number of carboxylic acids is 1.